The maximum atomic E-state index is 5.42. The lowest BCUT2D eigenvalue weighted by atomic mass is 10.1. The van der Waals surface area contributed by atoms with Crippen LogP contribution in [0, 0.1) is 6.92 Å². The second kappa shape index (κ2) is 12.9. The van der Waals surface area contributed by atoms with Crippen LogP contribution in [0.25, 0.3) is 0 Å². The normalized spacial score (nSPS) is 16.0. The van der Waals surface area contributed by atoms with Gasteiger partial charge >= 0.3 is 0 Å². The van der Waals surface area contributed by atoms with Crippen molar-refractivity contribution < 1.29 is 4.74 Å². The summed E-state index contributed by atoms with van der Waals surface area (Å²) in [6.07, 6.45) is 1.06. The van der Waals surface area contributed by atoms with Crippen LogP contribution in [-0.4, -0.2) is 65.0 Å². The van der Waals surface area contributed by atoms with Crippen molar-refractivity contribution in [3.63, 3.8) is 0 Å². The van der Waals surface area contributed by atoms with Crippen LogP contribution in [0.15, 0.2) is 35.3 Å². The van der Waals surface area contributed by atoms with Crippen LogP contribution in [0.2, 0.25) is 0 Å². The van der Waals surface area contributed by atoms with Crippen molar-refractivity contribution in [2.24, 2.45) is 12.0 Å². The molecule has 1 atom stereocenters. The average molecular weight is 527 g/mol. The highest BCUT2D eigenvalue weighted by atomic mass is 127. The van der Waals surface area contributed by atoms with E-state index in [0.717, 1.165) is 63.4 Å². The number of hydrogen-bond donors (Lipinski definition) is 2. The summed E-state index contributed by atoms with van der Waals surface area (Å²) < 4.78 is 7.39. The topological polar surface area (TPSA) is 79.6 Å². The highest BCUT2D eigenvalue weighted by molar-refractivity contribution is 14.0. The molecular weight excluding hydrogens is 493 g/mol. The minimum atomic E-state index is 0. The van der Waals surface area contributed by atoms with Gasteiger partial charge < -0.3 is 19.9 Å². The van der Waals surface area contributed by atoms with Crippen LogP contribution >= 0.6 is 24.0 Å². The van der Waals surface area contributed by atoms with Crippen LogP contribution < -0.4 is 10.6 Å². The van der Waals surface area contributed by atoms with E-state index in [1.165, 1.54) is 5.56 Å². The fourth-order valence-corrected chi connectivity index (χ4v) is 3.26. The molecule has 0 radical (unpaired) electrons. The molecular formula is C21H34IN7O. The number of rotatable bonds is 8. The van der Waals surface area contributed by atoms with Gasteiger partial charge in [0.05, 0.1) is 19.3 Å². The van der Waals surface area contributed by atoms with Gasteiger partial charge in [-0.3, -0.25) is 4.90 Å². The summed E-state index contributed by atoms with van der Waals surface area (Å²) in [7, 11) is 1.97. The van der Waals surface area contributed by atoms with E-state index < -0.39 is 0 Å². The molecule has 2 aromatic rings. The molecule has 3 rings (SSSR count). The van der Waals surface area contributed by atoms with Crippen molar-refractivity contribution in [1.29, 1.82) is 0 Å². The van der Waals surface area contributed by atoms with E-state index in [4.69, 9.17) is 9.73 Å². The summed E-state index contributed by atoms with van der Waals surface area (Å²) in [5.74, 6) is 2.54. The molecule has 0 saturated carbocycles. The zero-order valence-electron chi connectivity index (χ0n) is 18.2. The third kappa shape index (κ3) is 7.51. The SMILES string of the molecule is Cc1nnc(CN=C(NCCCN2CCOCC2)NC(C)c2ccccc2)n1C.I. The van der Waals surface area contributed by atoms with Crippen molar-refractivity contribution in [2.75, 3.05) is 39.4 Å². The first-order chi connectivity index (χ1) is 14.1. The van der Waals surface area contributed by atoms with Gasteiger partial charge in [0.25, 0.3) is 0 Å². The van der Waals surface area contributed by atoms with Gasteiger partial charge in [-0.05, 0) is 32.4 Å². The summed E-state index contributed by atoms with van der Waals surface area (Å²) in [4.78, 5) is 7.20. The Morgan fingerprint density at radius 3 is 2.60 bits per heavy atom. The van der Waals surface area contributed by atoms with Crippen LogP contribution in [0.1, 0.15) is 36.6 Å². The van der Waals surface area contributed by atoms with Crippen LogP contribution in [0.5, 0.6) is 0 Å². The smallest absolute Gasteiger partial charge is 0.192 e. The zero-order valence-corrected chi connectivity index (χ0v) is 20.5. The molecule has 8 nitrogen and oxygen atoms in total. The van der Waals surface area contributed by atoms with Crippen molar-refractivity contribution >= 4 is 29.9 Å². The molecule has 1 fully saturated rings. The quantitative estimate of drug-likeness (QED) is 0.238. The Morgan fingerprint density at radius 2 is 1.93 bits per heavy atom. The second-order valence-corrected chi connectivity index (χ2v) is 7.40. The van der Waals surface area contributed by atoms with Gasteiger partial charge in [-0.15, -0.1) is 34.2 Å². The van der Waals surface area contributed by atoms with Gasteiger partial charge in [0.15, 0.2) is 11.8 Å². The molecule has 1 aromatic heterocycles. The molecule has 1 aliphatic rings. The third-order valence-electron chi connectivity index (χ3n) is 5.26. The number of aromatic nitrogens is 3. The number of hydrogen-bond acceptors (Lipinski definition) is 5. The van der Waals surface area contributed by atoms with E-state index in [-0.39, 0.29) is 30.0 Å². The second-order valence-electron chi connectivity index (χ2n) is 7.40. The minimum Gasteiger partial charge on any atom is -0.379 e. The maximum absolute atomic E-state index is 5.42. The number of aryl methyl sites for hydroxylation is 1. The molecule has 2 N–H and O–H groups in total. The average Bonchev–Trinajstić information content (AvgIpc) is 3.08. The Hall–Kier alpha value is -1.72. The summed E-state index contributed by atoms with van der Waals surface area (Å²) in [5, 5.41) is 15.3. The Morgan fingerprint density at radius 1 is 1.20 bits per heavy atom. The Kier molecular flexibility index (Phi) is 10.5. The number of ether oxygens (including phenoxy) is 1. The van der Waals surface area contributed by atoms with E-state index in [9.17, 15) is 0 Å². The molecule has 1 saturated heterocycles. The van der Waals surface area contributed by atoms with E-state index in [2.05, 4.69) is 56.9 Å². The van der Waals surface area contributed by atoms with Crippen molar-refractivity contribution in [3.8, 4) is 0 Å². The maximum Gasteiger partial charge on any atom is 0.192 e. The van der Waals surface area contributed by atoms with Gasteiger partial charge in [-0.25, -0.2) is 4.99 Å². The molecule has 0 aliphatic carbocycles. The minimum absolute atomic E-state index is 0. The molecule has 1 aromatic carbocycles. The zero-order chi connectivity index (χ0) is 20.5. The first-order valence-electron chi connectivity index (χ1n) is 10.4. The molecule has 2 heterocycles. The third-order valence-corrected chi connectivity index (χ3v) is 5.26. The largest absolute Gasteiger partial charge is 0.379 e. The lowest BCUT2D eigenvalue weighted by molar-refractivity contribution is 0.0376. The summed E-state index contributed by atoms with van der Waals surface area (Å²) >= 11 is 0. The predicted octanol–water partition coefficient (Wildman–Crippen LogP) is 2.26. The summed E-state index contributed by atoms with van der Waals surface area (Å²) in [5.41, 5.74) is 1.23. The van der Waals surface area contributed by atoms with Crippen LogP contribution in [0.4, 0.5) is 0 Å². The molecule has 9 heteroatoms. The van der Waals surface area contributed by atoms with Gasteiger partial charge in [-0.1, -0.05) is 30.3 Å². The standard InChI is InChI=1S/C21H33N7O.HI/c1-17(19-8-5-4-6-9-19)24-21(23-16-20-26-25-18(2)27(20)3)22-10-7-11-28-12-14-29-15-13-28;/h4-6,8-9,17H,7,10-16H2,1-3H3,(H2,22,23,24);1H. The Bertz CT molecular complexity index is 775. The van der Waals surface area contributed by atoms with Gasteiger partial charge in [0.2, 0.25) is 0 Å². The van der Waals surface area contributed by atoms with E-state index in [1.807, 2.05) is 24.6 Å². The first kappa shape index (κ1) is 24.5. The molecule has 1 unspecified atom stereocenters. The number of nitrogens with one attached hydrogen (secondary N) is 2. The highest BCUT2D eigenvalue weighted by Gasteiger charge is 2.11. The molecule has 1 aliphatic heterocycles. The fraction of sp³-hybridized carbons (Fsp3) is 0.571. The monoisotopic (exact) mass is 527 g/mol. The number of nitrogens with zero attached hydrogens (tertiary/aromatic N) is 5. The number of benzene rings is 1. The molecule has 0 spiro atoms. The van der Waals surface area contributed by atoms with Crippen molar-refractivity contribution in [2.45, 2.75) is 32.9 Å². The first-order valence-corrected chi connectivity index (χ1v) is 10.4. The van der Waals surface area contributed by atoms with E-state index in [1.54, 1.807) is 0 Å². The summed E-state index contributed by atoms with van der Waals surface area (Å²) in [6.45, 7) is 10.2. The van der Waals surface area contributed by atoms with Gasteiger partial charge in [0, 0.05) is 26.7 Å². The van der Waals surface area contributed by atoms with E-state index in [0.29, 0.717) is 6.54 Å². The molecule has 0 bridgehead atoms. The van der Waals surface area contributed by atoms with Gasteiger partial charge in [-0.2, -0.15) is 0 Å². The number of morpholine rings is 1. The fourth-order valence-electron chi connectivity index (χ4n) is 3.26. The predicted molar refractivity (Wildman–Crippen MR) is 130 cm³/mol. The molecule has 0 amide bonds. The van der Waals surface area contributed by atoms with Gasteiger partial charge in [0.1, 0.15) is 12.4 Å². The summed E-state index contributed by atoms with van der Waals surface area (Å²) in [6, 6.07) is 10.6. The number of aliphatic imine (C=N–C) groups is 1. The Labute approximate surface area is 196 Å². The van der Waals surface area contributed by atoms with E-state index >= 15 is 0 Å². The lowest BCUT2D eigenvalue weighted by Crippen LogP contribution is -2.41. The lowest BCUT2D eigenvalue weighted by Gasteiger charge is -2.26. The number of guanidine groups is 1. The van der Waals surface area contributed by atoms with Crippen molar-refractivity contribution in [1.82, 2.24) is 30.3 Å². The van der Waals surface area contributed by atoms with Crippen LogP contribution in [0.3, 0.4) is 0 Å². The Balaban J connectivity index is 0.00000320. The molecule has 30 heavy (non-hydrogen) atoms. The number of halogens is 1. The van der Waals surface area contributed by atoms with Crippen molar-refractivity contribution in [3.05, 3.63) is 47.5 Å². The molecule has 166 valence electrons. The highest BCUT2D eigenvalue weighted by Crippen LogP contribution is 2.11. The van der Waals surface area contributed by atoms with Crippen LogP contribution in [-0.2, 0) is 18.3 Å².